The van der Waals surface area contributed by atoms with Crippen molar-refractivity contribution < 1.29 is 9.53 Å². The van der Waals surface area contributed by atoms with Crippen molar-refractivity contribution >= 4 is 33.2 Å². The molecule has 1 rings (SSSR count). The second kappa shape index (κ2) is 6.37. The minimum atomic E-state index is -0.0850. The first-order valence-electron chi connectivity index (χ1n) is 5.05. The largest absolute Gasteiger partial charge is 0.383 e. The topological polar surface area (TPSA) is 29.5 Å². The van der Waals surface area contributed by atoms with E-state index in [4.69, 9.17) is 4.74 Å². The SMILES string of the molecule is COCCN(C)C(=O)[C@@H](C)c1ccc(Br)s1. The Morgan fingerprint density at radius 2 is 2.31 bits per heavy atom. The average molecular weight is 306 g/mol. The lowest BCUT2D eigenvalue weighted by atomic mass is 10.1. The monoisotopic (exact) mass is 305 g/mol. The fourth-order valence-corrected chi connectivity index (χ4v) is 2.82. The molecule has 0 aliphatic carbocycles. The zero-order valence-corrected chi connectivity index (χ0v) is 12.1. The maximum atomic E-state index is 12.0. The first kappa shape index (κ1) is 13.7. The van der Waals surface area contributed by atoms with Gasteiger partial charge in [-0.15, -0.1) is 11.3 Å². The molecular weight excluding hydrogens is 290 g/mol. The minimum absolute atomic E-state index is 0.0850. The number of ether oxygens (including phenoxy) is 1. The summed E-state index contributed by atoms with van der Waals surface area (Å²) >= 11 is 5.01. The van der Waals surface area contributed by atoms with Gasteiger partial charge in [-0.3, -0.25) is 4.79 Å². The highest BCUT2D eigenvalue weighted by Crippen LogP contribution is 2.29. The Kier molecular flexibility index (Phi) is 5.44. The predicted molar refractivity (Wildman–Crippen MR) is 69.9 cm³/mol. The molecule has 1 amide bonds. The first-order valence-corrected chi connectivity index (χ1v) is 6.66. The number of halogens is 1. The molecule has 1 atom stereocenters. The molecule has 0 saturated heterocycles. The van der Waals surface area contributed by atoms with Crippen LogP contribution in [0.3, 0.4) is 0 Å². The van der Waals surface area contributed by atoms with Crippen molar-refractivity contribution in [2.45, 2.75) is 12.8 Å². The number of likely N-dealkylation sites (N-methyl/N-ethyl adjacent to an activating group) is 1. The minimum Gasteiger partial charge on any atom is -0.383 e. The molecule has 0 aliphatic rings. The summed E-state index contributed by atoms with van der Waals surface area (Å²) in [7, 11) is 3.44. The average Bonchev–Trinajstić information content (AvgIpc) is 2.70. The van der Waals surface area contributed by atoms with E-state index in [9.17, 15) is 4.79 Å². The number of carbonyl (C=O) groups is 1. The van der Waals surface area contributed by atoms with E-state index in [1.807, 2.05) is 19.1 Å². The van der Waals surface area contributed by atoms with Crippen LogP contribution in [0.15, 0.2) is 15.9 Å². The van der Waals surface area contributed by atoms with Gasteiger partial charge in [0.1, 0.15) is 0 Å². The van der Waals surface area contributed by atoms with Gasteiger partial charge in [0.2, 0.25) is 5.91 Å². The summed E-state index contributed by atoms with van der Waals surface area (Å²) in [5, 5.41) is 0. The third-order valence-corrected chi connectivity index (χ3v) is 4.20. The zero-order valence-electron chi connectivity index (χ0n) is 9.70. The van der Waals surface area contributed by atoms with Crippen molar-refractivity contribution in [1.29, 1.82) is 0 Å². The van der Waals surface area contributed by atoms with Crippen LogP contribution in [-0.4, -0.2) is 38.1 Å². The highest BCUT2D eigenvalue weighted by molar-refractivity contribution is 9.11. The van der Waals surface area contributed by atoms with E-state index >= 15 is 0 Å². The number of thiophene rings is 1. The predicted octanol–water partition coefficient (Wildman–Crippen LogP) is 2.72. The van der Waals surface area contributed by atoms with Crippen molar-refractivity contribution in [3.8, 4) is 0 Å². The number of amides is 1. The van der Waals surface area contributed by atoms with Gasteiger partial charge in [0, 0.05) is 25.6 Å². The Bertz CT molecular complexity index is 354. The summed E-state index contributed by atoms with van der Waals surface area (Å²) in [5.74, 6) is 0.0459. The molecule has 0 bridgehead atoms. The maximum Gasteiger partial charge on any atom is 0.230 e. The molecule has 0 spiro atoms. The molecule has 16 heavy (non-hydrogen) atoms. The van der Waals surface area contributed by atoms with Crippen molar-refractivity contribution in [3.63, 3.8) is 0 Å². The highest BCUT2D eigenvalue weighted by Gasteiger charge is 2.20. The van der Waals surface area contributed by atoms with Crippen LogP contribution in [-0.2, 0) is 9.53 Å². The number of hydrogen-bond donors (Lipinski definition) is 0. The van der Waals surface area contributed by atoms with Gasteiger partial charge in [-0.25, -0.2) is 0 Å². The highest BCUT2D eigenvalue weighted by atomic mass is 79.9. The number of hydrogen-bond acceptors (Lipinski definition) is 3. The molecule has 0 fully saturated rings. The van der Waals surface area contributed by atoms with E-state index in [1.54, 1.807) is 30.4 Å². The molecule has 0 saturated carbocycles. The summed E-state index contributed by atoms with van der Waals surface area (Å²) in [6.45, 7) is 3.14. The molecule has 1 aromatic rings. The van der Waals surface area contributed by atoms with Gasteiger partial charge in [0.25, 0.3) is 0 Å². The summed E-state index contributed by atoms with van der Waals surface area (Å²) in [5.41, 5.74) is 0. The van der Waals surface area contributed by atoms with E-state index in [0.29, 0.717) is 13.2 Å². The van der Waals surface area contributed by atoms with Gasteiger partial charge in [-0.1, -0.05) is 0 Å². The molecule has 3 nitrogen and oxygen atoms in total. The Morgan fingerprint density at radius 1 is 1.62 bits per heavy atom. The van der Waals surface area contributed by atoms with Crippen molar-refractivity contribution in [3.05, 3.63) is 20.8 Å². The summed E-state index contributed by atoms with van der Waals surface area (Å²) in [6, 6.07) is 3.96. The second-order valence-electron chi connectivity index (χ2n) is 3.62. The van der Waals surface area contributed by atoms with Crippen molar-refractivity contribution in [2.75, 3.05) is 27.3 Å². The van der Waals surface area contributed by atoms with E-state index in [-0.39, 0.29) is 11.8 Å². The Morgan fingerprint density at radius 3 is 2.81 bits per heavy atom. The van der Waals surface area contributed by atoms with Gasteiger partial charge in [0.15, 0.2) is 0 Å². The molecule has 0 N–H and O–H groups in total. The summed E-state index contributed by atoms with van der Waals surface area (Å²) in [6.07, 6.45) is 0. The number of nitrogens with zero attached hydrogens (tertiary/aromatic N) is 1. The van der Waals surface area contributed by atoms with Crippen LogP contribution in [0.5, 0.6) is 0 Å². The van der Waals surface area contributed by atoms with E-state index in [0.717, 1.165) is 8.66 Å². The quantitative estimate of drug-likeness (QED) is 0.837. The Balaban J connectivity index is 2.59. The van der Waals surface area contributed by atoms with Crippen molar-refractivity contribution in [1.82, 2.24) is 4.90 Å². The van der Waals surface area contributed by atoms with Gasteiger partial charge < -0.3 is 9.64 Å². The third-order valence-electron chi connectivity index (χ3n) is 2.40. The van der Waals surface area contributed by atoms with E-state index in [1.165, 1.54) is 0 Å². The molecule has 5 heteroatoms. The van der Waals surface area contributed by atoms with Crippen molar-refractivity contribution in [2.24, 2.45) is 0 Å². The van der Waals surface area contributed by atoms with E-state index in [2.05, 4.69) is 15.9 Å². The van der Waals surface area contributed by atoms with Gasteiger partial charge in [-0.05, 0) is 35.0 Å². The lowest BCUT2D eigenvalue weighted by molar-refractivity contribution is -0.131. The fraction of sp³-hybridized carbons (Fsp3) is 0.545. The van der Waals surface area contributed by atoms with E-state index < -0.39 is 0 Å². The standard InChI is InChI=1S/C11H16BrNO2S/c1-8(9-4-5-10(12)16-9)11(14)13(2)6-7-15-3/h4-5,8H,6-7H2,1-3H3/t8-/m0/s1. The lowest BCUT2D eigenvalue weighted by Crippen LogP contribution is -2.32. The molecule has 0 aliphatic heterocycles. The molecule has 1 heterocycles. The molecule has 1 aromatic heterocycles. The summed E-state index contributed by atoms with van der Waals surface area (Å²) in [4.78, 5) is 14.8. The van der Waals surface area contributed by atoms with Crippen LogP contribution in [0.1, 0.15) is 17.7 Å². The smallest absolute Gasteiger partial charge is 0.230 e. The van der Waals surface area contributed by atoms with Gasteiger partial charge in [-0.2, -0.15) is 0 Å². The summed E-state index contributed by atoms with van der Waals surface area (Å²) < 4.78 is 6.01. The van der Waals surface area contributed by atoms with Gasteiger partial charge >= 0.3 is 0 Å². The third kappa shape index (κ3) is 3.57. The molecule has 90 valence electrons. The van der Waals surface area contributed by atoms with Gasteiger partial charge in [0.05, 0.1) is 16.3 Å². The Hall–Kier alpha value is -0.390. The fourth-order valence-electron chi connectivity index (χ4n) is 1.35. The first-order chi connectivity index (χ1) is 7.56. The number of rotatable bonds is 5. The Labute approximate surface area is 109 Å². The van der Waals surface area contributed by atoms with Crippen LogP contribution < -0.4 is 0 Å². The zero-order chi connectivity index (χ0) is 12.1. The van der Waals surface area contributed by atoms with Crippen LogP contribution in [0, 0.1) is 0 Å². The molecule has 0 aromatic carbocycles. The number of methoxy groups -OCH3 is 1. The number of carbonyl (C=O) groups excluding carboxylic acids is 1. The normalized spacial score (nSPS) is 12.5. The molecule has 0 radical (unpaired) electrons. The molecular formula is C11H16BrNO2S. The molecule has 0 unspecified atom stereocenters. The van der Waals surface area contributed by atoms with Crippen LogP contribution in [0.4, 0.5) is 0 Å². The van der Waals surface area contributed by atoms with Crippen LogP contribution >= 0.6 is 27.3 Å². The van der Waals surface area contributed by atoms with Crippen LogP contribution in [0.25, 0.3) is 0 Å². The maximum absolute atomic E-state index is 12.0. The second-order valence-corrected chi connectivity index (χ2v) is 6.11. The van der Waals surface area contributed by atoms with Crippen LogP contribution in [0.2, 0.25) is 0 Å². The lowest BCUT2D eigenvalue weighted by Gasteiger charge is -2.20.